The Morgan fingerprint density at radius 3 is 2.48 bits per heavy atom. The number of nitrogens with one attached hydrogen (secondary N) is 2. The molecule has 1 heterocycles. The fourth-order valence-electron chi connectivity index (χ4n) is 2.03. The first-order chi connectivity index (χ1) is 12.0. The molecule has 0 unspecified atom stereocenters. The van der Waals surface area contributed by atoms with Gasteiger partial charge in [0.1, 0.15) is 5.69 Å². The Morgan fingerprint density at radius 2 is 1.76 bits per heavy atom. The third kappa shape index (κ3) is 4.39. The van der Waals surface area contributed by atoms with Crippen LogP contribution in [0.3, 0.4) is 0 Å². The number of rotatable bonds is 4. The first-order valence-electron chi connectivity index (χ1n) is 7.13. The van der Waals surface area contributed by atoms with Crippen molar-refractivity contribution in [2.75, 3.05) is 0 Å². The highest BCUT2D eigenvalue weighted by atomic mass is 35.5. The molecule has 0 aliphatic rings. The molecule has 1 aromatic heterocycles. The summed E-state index contributed by atoms with van der Waals surface area (Å²) in [5, 5.41) is 12.3. The Labute approximate surface area is 158 Å². The van der Waals surface area contributed by atoms with E-state index in [1.807, 2.05) is 12.1 Å². The average Bonchev–Trinajstić information content (AvgIpc) is 3.07. The second-order valence-electron chi connectivity index (χ2n) is 5.04. The zero-order chi connectivity index (χ0) is 17.8. The molecule has 126 valence electrons. The van der Waals surface area contributed by atoms with Gasteiger partial charge < -0.3 is 0 Å². The largest absolute Gasteiger partial charge is 0.289 e. The number of benzene rings is 2. The predicted octanol–water partition coefficient (Wildman–Crippen LogP) is 4.80. The second kappa shape index (κ2) is 7.70. The summed E-state index contributed by atoms with van der Waals surface area (Å²) < 4.78 is 0. The Hall–Kier alpha value is -2.34. The van der Waals surface area contributed by atoms with Crippen molar-refractivity contribution in [3.05, 3.63) is 74.9 Å². The minimum absolute atomic E-state index is 0.282. The van der Waals surface area contributed by atoms with Crippen LogP contribution in [0.2, 0.25) is 15.1 Å². The smallest absolute Gasteiger partial charge is 0.272 e. The van der Waals surface area contributed by atoms with Crippen LogP contribution < -0.4 is 5.43 Å². The van der Waals surface area contributed by atoms with Gasteiger partial charge in [0.2, 0.25) is 0 Å². The van der Waals surface area contributed by atoms with E-state index in [1.165, 1.54) is 6.21 Å². The standard InChI is InChI=1S/C17H11Cl3N4O/c18-12-4-1-10(2-5-12)15-8-16(23-22-15)17(25)24-21-9-11-3-6-13(19)7-14(11)20/h1-9H,(H,22,23)(H,24,25)/b21-9-. The lowest BCUT2D eigenvalue weighted by Crippen LogP contribution is -2.18. The molecule has 0 radical (unpaired) electrons. The van der Waals surface area contributed by atoms with Crippen molar-refractivity contribution < 1.29 is 4.79 Å². The van der Waals surface area contributed by atoms with E-state index in [4.69, 9.17) is 34.8 Å². The number of aromatic amines is 1. The van der Waals surface area contributed by atoms with Gasteiger partial charge in [0, 0.05) is 21.2 Å². The van der Waals surface area contributed by atoms with Crippen molar-refractivity contribution in [2.24, 2.45) is 5.10 Å². The molecule has 0 atom stereocenters. The summed E-state index contributed by atoms with van der Waals surface area (Å²) in [5.74, 6) is -0.422. The number of nitrogens with zero attached hydrogens (tertiary/aromatic N) is 2. The predicted molar refractivity (Wildman–Crippen MR) is 101 cm³/mol. The fraction of sp³-hybridized carbons (Fsp3) is 0. The van der Waals surface area contributed by atoms with Gasteiger partial charge in [0.25, 0.3) is 5.91 Å². The van der Waals surface area contributed by atoms with Crippen molar-refractivity contribution in [1.29, 1.82) is 0 Å². The van der Waals surface area contributed by atoms with E-state index >= 15 is 0 Å². The van der Waals surface area contributed by atoms with E-state index in [-0.39, 0.29) is 5.69 Å². The molecule has 0 spiro atoms. The van der Waals surface area contributed by atoms with Gasteiger partial charge in [-0.3, -0.25) is 9.89 Å². The minimum Gasteiger partial charge on any atom is -0.272 e. The number of aromatic nitrogens is 2. The maximum absolute atomic E-state index is 12.1. The topological polar surface area (TPSA) is 70.1 Å². The number of carbonyl (C=O) groups is 1. The van der Waals surface area contributed by atoms with Gasteiger partial charge in [-0.2, -0.15) is 10.2 Å². The summed E-state index contributed by atoms with van der Waals surface area (Å²) in [6, 6.07) is 13.8. The molecule has 8 heteroatoms. The van der Waals surface area contributed by atoms with Crippen LogP contribution in [0.1, 0.15) is 16.1 Å². The molecule has 3 aromatic rings. The number of amides is 1. The Morgan fingerprint density at radius 1 is 1.04 bits per heavy atom. The fourth-order valence-corrected chi connectivity index (χ4v) is 2.62. The molecule has 0 fully saturated rings. The van der Waals surface area contributed by atoms with Crippen LogP contribution in [-0.4, -0.2) is 22.3 Å². The maximum atomic E-state index is 12.1. The quantitative estimate of drug-likeness (QED) is 0.494. The van der Waals surface area contributed by atoms with Crippen LogP contribution in [0, 0.1) is 0 Å². The minimum atomic E-state index is -0.422. The van der Waals surface area contributed by atoms with E-state index in [1.54, 1.807) is 36.4 Å². The summed E-state index contributed by atoms with van der Waals surface area (Å²) in [6.07, 6.45) is 1.44. The third-order valence-electron chi connectivity index (χ3n) is 3.29. The molecule has 3 rings (SSSR count). The first-order valence-corrected chi connectivity index (χ1v) is 8.26. The Balaban J connectivity index is 1.67. The highest BCUT2D eigenvalue weighted by molar-refractivity contribution is 6.36. The first kappa shape index (κ1) is 17.5. The molecule has 2 aromatic carbocycles. The van der Waals surface area contributed by atoms with E-state index in [0.29, 0.717) is 26.3 Å². The van der Waals surface area contributed by atoms with Crippen LogP contribution in [0.5, 0.6) is 0 Å². The molecule has 0 saturated heterocycles. The summed E-state index contributed by atoms with van der Waals surface area (Å²) in [6.45, 7) is 0. The van der Waals surface area contributed by atoms with Crippen molar-refractivity contribution in [3.63, 3.8) is 0 Å². The SMILES string of the molecule is O=C(N/N=C\c1ccc(Cl)cc1Cl)c1cc(-c2ccc(Cl)cc2)n[nH]1. The van der Waals surface area contributed by atoms with E-state index in [2.05, 4.69) is 20.7 Å². The molecular formula is C17H11Cl3N4O. The number of carbonyl (C=O) groups excluding carboxylic acids is 1. The molecule has 25 heavy (non-hydrogen) atoms. The summed E-state index contributed by atoms with van der Waals surface area (Å²) in [7, 11) is 0. The Kier molecular flexibility index (Phi) is 5.38. The van der Waals surface area contributed by atoms with E-state index < -0.39 is 5.91 Å². The molecule has 0 aliphatic carbocycles. The lowest BCUT2D eigenvalue weighted by Gasteiger charge is -1.99. The normalized spacial score (nSPS) is 11.0. The van der Waals surface area contributed by atoms with Crippen LogP contribution in [-0.2, 0) is 0 Å². The third-order valence-corrected chi connectivity index (χ3v) is 4.11. The van der Waals surface area contributed by atoms with Gasteiger partial charge in [-0.15, -0.1) is 0 Å². The zero-order valence-corrected chi connectivity index (χ0v) is 14.9. The van der Waals surface area contributed by atoms with Crippen LogP contribution in [0.4, 0.5) is 0 Å². The second-order valence-corrected chi connectivity index (χ2v) is 6.32. The van der Waals surface area contributed by atoms with Crippen molar-refractivity contribution in [3.8, 4) is 11.3 Å². The van der Waals surface area contributed by atoms with Crippen molar-refractivity contribution in [1.82, 2.24) is 15.6 Å². The number of H-pyrrole nitrogens is 1. The molecular weight excluding hydrogens is 383 g/mol. The van der Waals surface area contributed by atoms with Crippen molar-refractivity contribution in [2.45, 2.75) is 0 Å². The molecule has 0 saturated carbocycles. The van der Waals surface area contributed by atoms with Gasteiger partial charge in [0.05, 0.1) is 16.9 Å². The molecule has 0 aliphatic heterocycles. The van der Waals surface area contributed by atoms with Crippen LogP contribution in [0.25, 0.3) is 11.3 Å². The monoisotopic (exact) mass is 392 g/mol. The molecule has 1 amide bonds. The highest BCUT2D eigenvalue weighted by Gasteiger charge is 2.10. The lowest BCUT2D eigenvalue weighted by atomic mass is 10.1. The number of hydrazone groups is 1. The zero-order valence-electron chi connectivity index (χ0n) is 12.6. The number of hydrogen-bond acceptors (Lipinski definition) is 3. The van der Waals surface area contributed by atoms with Gasteiger partial charge in [-0.25, -0.2) is 5.43 Å². The summed E-state index contributed by atoms with van der Waals surface area (Å²) in [5.41, 5.74) is 4.80. The average molecular weight is 394 g/mol. The maximum Gasteiger partial charge on any atom is 0.289 e. The molecule has 2 N–H and O–H groups in total. The van der Waals surface area contributed by atoms with Gasteiger partial charge in [0.15, 0.2) is 0 Å². The number of halogens is 3. The highest BCUT2D eigenvalue weighted by Crippen LogP contribution is 2.20. The van der Waals surface area contributed by atoms with Crippen molar-refractivity contribution >= 4 is 46.9 Å². The van der Waals surface area contributed by atoms with Crippen LogP contribution in [0.15, 0.2) is 53.6 Å². The van der Waals surface area contributed by atoms with E-state index in [0.717, 1.165) is 5.56 Å². The van der Waals surface area contributed by atoms with Gasteiger partial charge in [-0.1, -0.05) is 53.0 Å². The lowest BCUT2D eigenvalue weighted by molar-refractivity contribution is 0.0950. The summed E-state index contributed by atoms with van der Waals surface area (Å²) in [4.78, 5) is 12.1. The van der Waals surface area contributed by atoms with Gasteiger partial charge >= 0.3 is 0 Å². The van der Waals surface area contributed by atoms with E-state index in [9.17, 15) is 4.79 Å². The van der Waals surface area contributed by atoms with Crippen LogP contribution >= 0.6 is 34.8 Å². The Bertz CT molecular complexity index is 935. The molecule has 0 bridgehead atoms. The summed E-state index contributed by atoms with van der Waals surface area (Å²) >= 11 is 17.7. The molecule has 5 nitrogen and oxygen atoms in total. The number of hydrogen-bond donors (Lipinski definition) is 2. The van der Waals surface area contributed by atoms with Gasteiger partial charge in [-0.05, 0) is 30.3 Å².